The highest BCUT2D eigenvalue weighted by molar-refractivity contribution is 5.76. The quantitative estimate of drug-likeness (QED) is 0.755. The third-order valence-corrected chi connectivity index (χ3v) is 6.64. The first-order valence-corrected chi connectivity index (χ1v) is 11.2. The molecule has 8 nitrogen and oxygen atoms in total. The molecule has 0 atom stereocenters. The number of aliphatic hydroxyl groups is 1. The van der Waals surface area contributed by atoms with E-state index in [4.69, 9.17) is 5.11 Å². The third kappa shape index (κ3) is 5.17. The molecule has 4 rings (SSSR count). The zero-order valence-corrected chi connectivity index (χ0v) is 17.4. The van der Waals surface area contributed by atoms with Crippen LogP contribution in [0, 0.1) is 5.92 Å². The van der Waals surface area contributed by atoms with Crippen molar-refractivity contribution >= 4 is 17.5 Å². The second-order valence-electron chi connectivity index (χ2n) is 8.52. The van der Waals surface area contributed by atoms with E-state index >= 15 is 0 Å². The van der Waals surface area contributed by atoms with Crippen LogP contribution >= 0.6 is 0 Å². The fraction of sp³-hybridized carbons (Fsp3) is 0.762. The number of nitrogens with zero attached hydrogens (tertiary/aromatic N) is 6. The van der Waals surface area contributed by atoms with Crippen LogP contribution in [0.25, 0.3) is 0 Å². The molecular formula is C21H34N6O2. The molecule has 3 heterocycles. The summed E-state index contributed by atoms with van der Waals surface area (Å²) in [5, 5.41) is 18.0. The smallest absolute Gasteiger partial charge is 0.222 e. The van der Waals surface area contributed by atoms with E-state index in [-0.39, 0.29) is 6.61 Å². The first kappa shape index (κ1) is 20.3. The lowest BCUT2D eigenvalue weighted by molar-refractivity contribution is -0.132. The van der Waals surface area contributed by atoms with Gasteiger partial charge in [0.25, 0.3) is 0 Å². The minimum atomic E-state index is 0.216. The van der Waals surface area contributed by atoms with Gasteiger partial charge < -0.3 is 19.8 Å². The number of anilines is 2. The van der Waals surface area contributed by atoms with Gasteiger partial charge in [-0.1, -0.05) is 12.8 Å². The Labute approximate surface area is 173 Å². The number of piperazine rings is 2. The average Bonchev–Trinajstić information content (AvgIpc) is 3.28. The highest BCUT2D eigenvalue weighted by atomic mass is 16.3. The van der Waals surface area contributed by atoms with Crippen molar-refractivity contribution < 1.29 is 9.90 Å². The number of aliphatic hydroxyl groups excluding tert-OH is 1. The summed E-state index contributed by atoms with van der Waals surface area (Å²) in [4.78, 5) is 21.3. The molecule has 0 aromatic carbocycles. The Bertz CT molecular complexity index is 648. The molecule has 3 fully saturated rings. The molecule has 0 radical (unpaired) electrons. The van der Waals surface area contributed by atoms with Crippen molar-refractivity contribution in [3.8, 4) is 0 Å². The van der Waals surface area contributed by atoms with E-state index < -0.39 is 0 Å². The van der Waals surface area contributed by atoms with Crippen LogP contribution < -0.4 is 9.80 Å². The first-order valence-electron chi connectivity index (χ1n) is 11.2. The zero-order valence-electron chi connectivity index (χ0n) is 17.4. The number of aromatic nitrogens is 2. The van der Waals surface area contributed by atoms with Gasteiger partial charge in [-0.15, -0.1) is 10.2 Å². The molecule has 29 heavy (non-hydrogen) atoms. The molecule has 1 saturated carbocycles. The lowest BCUT2D eigenvalue weighted by atomic mass is 10.0. The van der Waals surface area contributed by atoms with Gasteiger partial charge in [0.05, 0.1) is 6.61 Å². The van der Waals surface area contributed by atoms with Crippen LogP contribution in [0.2, 0.25) is 0 Å². The molecule has 8 heteroatoms. The SMILES string of the molecule is O=C(CC1CCCC1)N1CCN(c2ccc(N3CCN(CCO)CC3)nn2)CC1. The standard InChI is InChI=1S/C21H34N6O2/c28-16-15-24-7-9-25(10-8-24)19-5-6-20(23-22-19)26-11-13-27(14-12-26)21(29)17-18-3-1-2-4-18/h5-6,18,28H,1-4,7-17H2. The van der Waals surface area contributed by atoms with E-state index in [1.807, 2.05) is 4.90 Å². The van der Waals surface area contributed by atoms with Crippen LogP contribution in [-0.4, -0.2) is 96.5 Å². The fourth-order valence-corrected chi connectivity index (χ4v) is 4.77. The maximum atomic E-state index is 12.5. The predicted octanol–water partition coefficient (Wildman–Crippen LogP) is 0.820. The number of carbonyl (C=O) groups excluding carboxylic acids is 1. The third-order valence-electron chi connectivity index (χ3n) is 6.64. The van der Waals surface area contributed by atoms with Crippen molar-refractivity contribution in [2.75, 3.05) is 75.3 Å². The normalized spacial score (nSPS) is 21.8. The maximum Gasteiger partial charge on any atom is 0.222 e. The average molecular weight is 403 g/mol. The van der Waals surface area contributed by atoms with Gasteiger partial charge in [-0.3, -0.25) is 9.69 Å². The Kier molecular flexibility index (Phi) is 6.82. The van der Waals surface area contributed by atoms with Gasteiger partial charge >= 0.3 is 0 Å². The van der Waals surface area contributed by atoms with Crippen molar-refractivity contribution in [1.82, 2.24) is 20.0 Å². The monoisotopic (exact) mass is 402 g/mol. The molecule has 2 aliphatic heterocycles. The Hall–Kier alpha value is -1.93. The Morgan fingerprint density at radius 3 is 1.97 bits per heavy atom. The van der Waals surface area contributed by atoms with Crippen LogP contribution in [0.4, 0.5) is 11.6 Å². The summed E-state index contributed by atoms with van der Waals surface area (Å²) in [7, 11) is 0. The predicted molar refractivity (Wildman–Crippen MR) is 113 cm³/mol. The van der Waals surface area contributed by atoms with Crippen LogP contribution in [-0.2, 0) is 4.79 Å². The Morgan fingerprint density at radius 2 is 1.45 bits per heavy atom. The highest BCUT2D eigenvalue weighted by Gasteiger charge is 2.26. The van der Waals surface area contributed by atoms with E-state index in [1.165, 1.54) is 25.7 Å². The molecule has 0 spiro atoms. The lowest BCUT2D eigenvalue weighted by Gasteiger charge is -2.36. The van der Waals surface area contributed by atoms with E-state index in [0.717, 1.165) is 77.0 Å². The Morgan fingerprint density at radius 1 is 0.897 bits per heavy atom. The van der Waals surface area contributed by atoms with E-state index in [2.05, 4.69) is 37.0 Å². The minimum Gasteiger partial charge on any atom is -0.395 e. The van der Waals surface area contributed by atoms with Gasteiger partial charge in [-0.25, -0.2) is 0 Å². The molecule has 160 valence electrons. The highest BCUT2D eigenvalue weighted by Crippen LogP contribution is 2.28. The van der Waals surface area contributed by atoms with Gasteiger partial charge in [0.1, 0.15) is 0 Å². The van der Waals surface area contributed by atoms with Crippen molar-refractivity contribution in [1.29, 1.82) is 0 Å². The van der Waals surface area contributed by atoms with Crippen LogP contribution in [0.1, 0.15) is 32.1 Å². The van der Waals surface area contributed by atoms with E-state index in [0.29, 0.717) is 11.8 Å². The van der Waals surface area contributed by atoms with Gasteiger partial charge in [0.2, 0.25) is 5.91 Å². The van der Waals surface area contributed by atoms with E-state index in [1.54, 1.807) is 0 Å². The number of β-amino-alcohol motifs (C(OH)–C–C–N with tert-alkyl or cyclic N) is 1. The number of carbonyl (C=O) groups is 1. The van der Waals surface area contributed by atoms with Crippen molar-refractivity contribution in [3.05, 3.63) is 12.1 Å². The molecule has 2 saturated heterocycles. The summed E-state index contributed by atoms with van der Waals surface area (Å²) >= 11 is 0. The second-order valence-corrected chi connectivity index (χ2v) is 8.52. The molecule has 1 aromatic rings. The molecule has 1 N–H and O–H groups in total. The van der Waals surface area contributed by atoms with Crippen LogP contribution in [0.3, 0.4) is 0 Å². The lowest BCUT2D eigenvalue weighted by Crippen LogP contribution is -2.49. The Balaban J connectivity index is 1.24. The number of hydrogen-bond donors (Lipinski definition) is 1. The van der Waals surface area contributed by atoms with Crippen LogP contribution in [0.15, 0.2) is 12.1 Å². The largest absolute Gasteiger partial charge is 0.395 e. The van der Waals surface area contributed by atoms with Gasteiger partial charge in [-0.2, -0.15) is 0 Å². The molecule has 0 unspecified atom stereocenters. The number of rotatable bonds is 6. The fourth-order valence-electron chi connectivity index (χ4n) is 4.77. The van der Waals surface area contributed by atoms with Crippen molar-refractivity contribution in [2.45, 2.75) is 32.1 Å². The number of hydrogen-bond acceptors (Lipinski definition) is 7. The number of amides is 1. The summed E-state index contributed by atoms with van der Waals surface area (Å²) in [6, 6.07) is 4.11. The zero-order chi connectivity index (χ0) is 20.1. The summed E-state index contributed by atoms with van der Waals surface area (Å²) < 4.78 is 0. The minimum absolute atomic E-state index is 0.216. The molecule has 3 aliphatic rings. The summed E-state index contributed by atoms with van der Waals surface area (Å²) in [6.45, 7) is 7.88. The topological polar surface area (TPSA) is 76.0 Å². The first-order chi connectivity index (χ1) is 14.2. The molecule has 1 aromatic heterocycles. The molecule has 0 bridgehead atoms. The second kappa shape index (κ2) is 9.71. The molecule has 1 aliphatic carbocycles. The molecular weight excluding hydrogens is 368 g/mol. The van der Waals surface area contributed by atoms with Gasteiger partial charge in [0, 0.05) is 65.3 Å². The van der Waals surface area contributed by atoms with Crippen molar-refractivity contribution in [3.63, 3.8) is 0 Å². The van der Waals surface area contributed by atoms with Gasteiger partial charge in [-0.05, 0) is 30.9 Å². The summed E-state index contributed by atoms with van der Waals surface area (Å²) in [5.74, 6) is 2.76. The summed E-state index contributed by atoms with van der Waals surface area (Å²) in [6.07, 6.45) is 5.77. The van der Waals surface area contributed by atoms with Crippen molar-refractivity contribution in [2.24, 2.45) is 5.92 Å². The van der Waals surface area contributed by atoms with Crippen LogP contribution in [0.5, 0.6) is 0 Å². The van der Waals surface area contributed by atoms with Gasteiger partial charge in [0.15, 0.2) is 11.6 Å². The summed E-state index contributed by atoms with van der Waals surface area (Å²) in [5.41, 5.74) is 0. The maximum absolute atomic E-state index is 12.5. The van der Waals surface area contributed by atoms with E-state index in [9.17, 15) is 4.79 Å². The molecule has 1 amide bonds.